The molecule has 0 aliphatic heterocycles. The molecule has 1 aromatic heterocycles. The number of thiophene rings is 1. The Morgan fingerprint density at radius 2 is 1.81 bits per heavy atom. The Morgan fingerprint density at radius 3 is 2.41 bits per heavy atom. The van der Waals surface area contributed by atoms with E-state index in [0.29, 0.717) is 28.4 Å². The van der Waals surface area contributed by atoms with Crippen LogP contribution in [-0.2, 0) is 23.8 Å². The van der Waals surface area contributed by atoms with Crippen molar-refractivity contribution in [2.75, 3.05) is 20.1 Å². The molecule has 1 aromatic carbocycles. The molecule has 0 amide bonds. The molecule has 12 heteroatoms. The highest BCUT2D eigenvalue weighted by Crippen LogP contribution is 2.42. The van der Waals surface area contributed by atoms with Crippen molar-refractivity contribution >= 4 is 29.3 Å². The number of hydrogen-bond acceptors (Lipinski definition) is 6. The summed E-state index contributed by atoms with van der Waals surface area (Å²) >= 11 is 1.69. The molecule has 0 aliphatic carbocycles. The SMILES string of the molecule is CN(C[C@H](O)CNC(C)(C)CCCc1c(F)cccc1F)Sc1cc(CCCC(=O)O)c(C(F)(F)F)s1. The first kappa shape index (κ1) is 31.5. The van der Waals surface area contributed by atoms with Crippen LogP contribution < -0.4 is 5.32 Å². The molecule has 208 valence electrons. The van der Waals surface area contributed by atoms with Gasteiger partial charge in [0.05, 0.1) is 10.3 Å². The highest BCUT2D eigenvalue weighted by molar-refractivity contribution is 7.98. The first-order valence-electron chi connectivity index (χ1n) is 11.8. The molecule has 2 aromatic rings. The number of aliphatic hydroxyl groups excluding tert-OH is 1. The number of halogens is 5. The van der Waals surface area contributed by atoms with Crippen molar-refractivity contribution in [1.82, 2.24) is 9.62 Å². The maximum atomic E-state index is 13.8. The van der Waals surface area contributed by atoms with E-state index in [-0.39, 0.29) is 49.9 Å². The predicted octanol–water partition coefficient (Wildman–Crippen LogP) is 6.14. The minimum absolute atomic E-state index is 0.0209. The van der Waals surface area contributed by atoms with Crippen LogP contribution in [0.1, 0.15) is 55.5 Å². The maximum absolute atomic E-state index is 13.8. The monoisotopic (exact) mass is 568 g/mol. The Labute approximate surface area is 222 Å². The van der Waals surface area contributed by atoms with E-state index in [4.69, 9.17) is 5.11 Å². The molecular formula is C25H33F5N2O3S2. The highest BCUT2D eigenvalue weighted by atomic mass is 32.2. The van der Waals surface area contributed by atoms with Crippen LogP contribution in [0.4, 0.5) is 22.0 Å². The molecule has 0 fully saturated rings. The van der Waals surface area contributed by atoms with Crippen molar-refractivity contribution in [1.29, 1.82) is 0 Å². The second-order valence-corrected chi connectivity index (χ2v) is 12.1. The quantitative estimate of drug-likeness (QED) is 0.177. The molecular weight excluding hydrogens is 535 g/mol. The van der Waals surface area contributed by atoms with Crippen molar-refractivity contribution in [3.63, 3.8) is 0 Å². The van der Waals surface area contributed by atoms with E-state index in [9.17, 15) is 31.9 Å². The van der Waals surface area contributed by atoms with E-state index in [2.05, 4.69) is 5.32 Å². The summed E-state index contributed by atoms with van der Waals surface area (Å²) in [6.07, 6.45) is -3.99. The van der Waals surface area contributed by atoms with Crippen LogP contribution in [0.25, 0.3) is 0 Å². The summed E-state index contributed by atoms with van der Waals surface area (Å²) in [5.74, 6) is -2.19. The molecule has 2 rings (SSSR count). The summed E-state index contributed by atoms with van der Waals surface area (Å²) in [5.41, 5.74) is -0.271. The van der Waals surface area contributed by atoms with Crippen LogP contribution in [-0.4, -0.2) is 52.3 Å². The van der Waals surface area contributed by atoms with Gasteiger partial charge in [0.15, 0.2) is 0 Å². The molecule has 3 N–H and O–H groups in total. The Morgan fingerprint density at radius 1 is 1.16 bits per heavy atom. The van der Waals surface area contributed by atoms with E-state index < -0.39 is 40.3 Å². The number of carboxylic acid groups (broad SMARTS) is 1. The van der Waals surface area contributed by atoms with E-state index in [1.54, 1.807) is 11.4 Å². The number of hydrogen-bond donors (Lipinski definition) is 3. The summed E-state index contributed by atoms with van der Waals surface area (Å²) in [6, 6.07) is 5.22. The largest absolute Gasteiger partial charge is 0.481 e. The molecule has 0 saturated carbocycles. The van der Waals surface area contributed by atoms with Gasteiger partial charge < -0.3 is 15.5 Å². The third-order valence-electron chi connectivity index (χ3n) is 5.70. The van der Waals surface area contributed by atoms with Gasteiger partial charge in [-0.1, -0.05) is 6.07 Å². The number of aliphatic hydroxyl groups is 1. The van der Waals surface area contributed by atoms with Gasteiger partial charge in [-0.15, -0.1) is 11.3 Å². The fraction of sp³-hybridized carbons (Fsp3) is 0.560. The fourth-order valence-corrected chi connectivity index (χ4v) is 6.16. The number of alkyl halides is 3. The number of rotatable bonds is 15. The summed E-state index contributed by atoms with van der Waals surface area (Å²) in [6.45, 7) is 4.25. The standard InChI is InChI=1S/C25H33F5N2O3S2/c1-24(2,12-6-8-18-19(26)9-5-10-20(18)27)31-14-17(33)15-32(3)37-22-13-16(7-4-11-21(34)35)23(36-22)25(28,29)30/h5,9-10,13,17,31,33H,4,6-8,11-12,14-15H2,1-3H3,(H,34,35)/t17-/m1/s1. The molecule has 5 nitrogen and oxygen atoms in total. The number of aliphatic carboxylic acids is 1. The average Bonchev–Trinajstić information content (AvgIpc) is 3.17. The normalized spacial score (nSPS) is 13.4. The van der Waals surface area contributed by atoms with Gasteiger partial charge in [0.2, 0.25) is 0 Å². The molecule has 0 unspecified atom stereocenters. The maximum Gasteiger partial charge on any atom is 0.425 e. The van der Waals surface area contributed by atoms with Crippen LogP contribution in [0.3, 0.4) is 0 Å². The summed E-state index contributed by atoms with van der Waals surface area (Å²) in [5, 5.41) is 22.4. The number of carboxylic acids is 1. The lowest BCUT2D eigenvalue weighted by Crippen LogP contribution is -2.45. The van der Waals surface area contributed by atoms with Crippen LogP contribution in [0, 0.1) is 11.6 Å². The lowest BCUT2D eigenvalue weighted by molar-refractivity contribution is -0.137. The zero-order valence-electron chi connectivity index (χ0n) is 21.0. The Kier molecular flexibility index (Phi) is 11.8. The lowest BCUT2D eigenvalue weighted by Gasteiger charge is -2.29. The van der Waals surface area contributed by atoms with E-state index in [1.807, 2.05) is 13.8 Å². The van der Waals surface area contributed by atoms with Gasteiger partial charge in [0.25, 0.3) is 0 Å². The number of benzene rings is 1. The molecule has 1 atom stereocenters. The Hall–Kier alpha value is -1.73. The van der Waals surface area contributed by atoms with Crippen molar-refractivity contribution in [2.45, 2.75) is 74.4 Å². The number of likely N-dealkylation sites (N-methyl/N-ethyl adjacent to an activating group) is 1. The first-order chi connectivity index (χ1) is 17.2. The van der Waals surface area contributed by atoms with Crippen molar-refractivity contribution < 1.29 is 37.0 Å². The first-order valence-corrected chi connectivity index (χ1v) is 13.4. The van der Waals surface area contributed by atoms with E-state index in [1.165, 1.54) is 24.3 Å². The van der Waals surface area contributed by atoms with Gasteiger partial charge in [0.1, 0.15) is 16.5 Å². The number of nitrogens with zero attached hydrogens (tertiary/aromatic N) is 1. The minimum atomic E-state index is -4.52. The molecule has 37 heavy (non-hydrogen) atoms. The highest BCUT2D eigenvalue weighted by Gasteiger charge is 2.36. The topological polar surface area (TPSA) is 72.8 Å². The van der Waals surface area contributed by atoms with Gasteiger partial charge in [-0.05, 0) is 88.7 Å². The fourth-order valence-electron chi connectivity index (χ4n) is 3.82. The Bertz CT molecular complexity index is 1010. The van der Waals surface area contributed by atoms with Gasteiger partial charge in [0, 0.05) is 30.6 Å². The van der Waals surface area contributed by atoms with Crippen LogP contribution in [0.5, 0.6) is 0 Å². The number of β-amino-alcohol motifs (C(OH)–C–C–N with tert-alkyl or cyclic N) is 1. The summed E-state index contributed by atoms with van der Waals surface area (Å²) in [4.78, 5) is 9.96. The predicted molar refractivity (Wildman–Crippen MR) is 136 cm³/mol. The van der Waals surface area contributed by atoms with E-state index in [0.717, 1.165) is 11.9 Å². The third kappa shape index (κ3) is 10.9. The Balaban J connectivity index is 1.83. The average molecular weight is 569 g/mol. The zero-order valence-corrected chi connectivity index (χ0v) is 22.6. The number of nitrogens with one attached hydrogen (secondary N) is 1. The van der Waals surface area contributed by atoms with Crippen LogP contribution in [0.15, 0.2) is 28.5 Å². The molecule has 1 heterocycles. The second kappa shape index (κ2) is 13.9. The van der Waals surface area contributed by atoms with Gasteiger partial charge in [-0.2, -0.15) is 13.2 Å². The lowest BCUT2D eigenvalue weighted by atomic mass is 9.95. The molecule has 0 aliphatic rings. The molecule has 0 saturated heterocycles. The smallest absolute Gasteiger partial charge is 0.425 e. The van der Waals surface area contributed by atoms with Crippen molar-refractivity contribution in [3.05, 3.63) is 51.9 Å². The van der Waals surface area contributed by atoms with Crippen LogP contribution in [0.2, 0.25) is 0 Å². The van der Waals surface area contributed by atoms with Gasteiger partial charge >= 0.3 is 12.1 Å². The van der Waals surface area contributed by atoms with Crippen molar-refractivity contribution in [3.8, 4) is 0 Å². The summed E-state index contributed by atoms with van der Waals surface area (Å²) in [7, 11) is 1.67. The van der Waals surface area contributed by atoms with Gasteiger partial charge in [-0.25, -0.2) is 13.1 Å². The zero-order chi connectivity index (χ0) is 27.8. The van der Waals surface area contributed by atoms with Gasteiger partial charge in [-0.3, -0.25) is 4.79 Å². The molecule has 0 spiro atoms. The third-order valence-corrected chi connectivity index (χ3v) is 7.95. The summed E-state index contributed by atoms with van der Waals surface area (Å²) < 4.78 is 69.9. The van der Waals surface area contributed by atoms with Crippen LogP contribution >= 0.6 is 23.3 Å². The number of aryl methyl sites for hydroxylation is 1. The minimum Gasteiger partial charge on any atom is -0.481 e. The van der Waals surface area contributed by atoms with Crippen molar-refractivity contribution in [2.24, 2.45) is 0 Å². The van der Waals surface area contributed by atoms with E-state index >= 15 is 0 Å². The molecule has 0 bridgehead atoms. The molecule has 0 radical (unpaired) electrons. The second-order valence-electron chi connectivity index (χ2n) is 9.54. The number of carbonyl (C=O) groups is 1.